The van der Waals surface area contributed by atoms with Crippen LogP contribution in [0.2, 0.25) is 0 Å². The van der Waals surface area contributed by atoms with Gasteiger partial charge in [0.25, 0.3) is 0 Å². The Hall–Kier alpha value is -3.40. The first kappa shape index (κ1) is 19.6. The van der Waals surface area contributed by atoms with E-state index >= 15 is 0 Å². The van der Waals surface area contributed by atoms with Gasteiger partial charge < -0.3 is 34.3 Å². The summed E-state index contributed by atoms with van der Waals surface area (Å²) < 4.78 is 27.7. The third-order valence-electron chi connectivity index (χ3n) is 5.10. The van der Waals surface area contributed by atoms with Gasteiger partial charge in [-0.1, -0.05) is 22.0 Å². The smallest absolute Gasteiger partial charge is 0.338 e. The number of allylic oxidation sites excluding steroid dienone is 1. The number of esters is 1. The van der Waals surface area contributed by atoms with Crippen molar-refractivity contribution >= 4 is 27.9 Å². The van der Waals surface area contributed by atoms with Gasteiger partial charge in [-0.15, -0.1) is 0 Å². The summed E-state index contributed by atoms with van der Waals surface area (Å²) in [6.07, 6.45) is 0. The fraction of sp³-hybridized carbons (Fsp3) is 0.238. The van der Waals surface area contributed by atoms with Crippen molar-refractivity contribution in [2.45, 2.75) is 19.6 Å². The van der Waals surface area contributed by atoms with Gasteiger partial charge >= 0.3 is 12.0 Å². The molecule has 10 heteroatoms. The lowest BCUT2D eigenvalue weighted by Gasteiger charge is -2.29. The zero-order chi connectivity index (χ0) is 21.5. The monoisotopic (exact) mass is 488 g/mol. The van der Waals surface area contributed by atoms with Crippen LogP contribution in [-0.4, -0.2) is 25.6 Å². The number of fused-ring (bicyclic) bond motifs is 2. The minimum Gasteiger partial charge on any atom is -0.457 e. The molecule has 0 saturated heterocycles. The third-order valence-corrected chi connectivity index (χ3v) is 5.79. The Morgan fingerprint density at radius 3 is 2.52 bits per heavy atom. The molecule has 1 atom stereocenters. The molecular weight excluding hydrogens is 472 g/mol. The molecule has 3 aliphatic rings. The highest BCUT2D eigenvalue weighted by molar-refractivity contribution is 9.10. The Kier molecular flexibility index (Phi) is 4.85. The van der Waals surface area contributed by atoms with E-state index in [0.29, 0.717) is 44.3 Å². The normalized spacial score (nSPS) is 18.5. The van der Waals surface area contributed by atoms with Gasteiger partial charge in [-0.05, 0) is 42.3 Å². The quantitative estimate of drug-likeness (QED) is 0.636. The van der Waals surface area contributed by atoms with Crippen LogP contribution < -0.4 is 29.6 Å². The summed E-state index contributed by atoms with van der Waals surface area (Å²) in [5, 5.41) is 5.42. The maximum absolute atomic E-state index is 13.1. The van der Waals surface area contributed by atoms with E-state index in [1.165, 1.54) is 0 Å². The molecule has 2 aromatic rings. The maximum atomic E-state index is 13.1. The lowest BCUT2D eigenvalue weighted by molar-refractivity contribution is -0.140. The van der Waals surface area contributed by atoms with Gasteiger partial charge in [0.2, 0.25) is 13.6 Å². The second kappa shape index (κ2) is 7.69. The SMILES string of the molecule is CC1=C(C(=O)OCc2ccc3c(c2)OCO3)C(c2cc3c(cc2Br)OCO3)NC(=O)N1. The van der Waals surface area contributed by atoms with Gasteiger partial charge in [0, 0.05) is 10.2 Å². The van der Waals surface area contributed by atoms with E-state index in [9.17, 15) is 9.59 Å². The number of ether oxygens (including phenoxy) is 5. The van der Waals surface area contributed by atoms with Crippen LogP contribution in [0, 0.1) is 0 Å². The van der Waals surface area contributed by atoms with E-state index in [2.05, 4.69) is 26.6 Å². The summed E-state index contributed by atoms with van der Waals surface area (Å²) in [5.74, 6) is 1.83. The second-order valence-corrected chi connectivity index (χ2v) is 7.92. The third kappa shape index (κ3) is 3.63. The van der Waals surface area contributed by atoms with Crippen LogP contribution in [0.15, 0.2) is 46.1 Å². The van der Waals surface area contributed by atoms with Gasteiger partial charge in [-0.3, -0.25) is 0 Å². The molecule has 0 spiro atoms. The average Bonchev–Trinajstić information content (AvgIpc) is 3.39. The maximum Gasteiger partial charge on any atom is 0.338 e. The van der Waals surface area contributed by atoms with E-state index in [1.807, 2.05) is 0 Å². The molecule has 2 amide bonds. The van der Waals surface area contributed by atoms with Gasteiger partial charge in [0.05, 0.1) is 11.6 Å². The van der Waals surface area contributed by atoms with Gasteiger partial charge in [-0.2, -0.15) is 0 Å². The molecule has 0 saturated carbocycles. The molecule has 1 unspecified atom stereocenters. The van der Waals surface area contributed by atoms with E-state index in [1.54, 1.807) is 37.3 Å². The van der Waals surface area contributed by atoms with Crippen LogP contribution in [-0.2, 0) is 16.1 Å². The zero-order valence-electron chi connectivity index (χ0n) is 16.3. The summed E-state index contributed by atoms with van der Waals surface area (Å²) in [5.41, 5.74) is 2.10. The number of hydrogen-bond donors (Lipinski definition) is 2. The molecule has 2 N–H and O–H groups in total. The molecule has 0 radical (unpaired) electrons. The number of amides is 2. The first-order valence-corrected chi connectivity index (χ1v) is 10.2. The van der Waals surface area contributed by atoms with E-state index in [-0.39, 0.29) is 20.2 Å². The molecule has 0 aromatic heterocycles. The summed E-state index contributed by atoms with van der Waals surface area (Å²) in [6, 6.07) is 7.67. The highest BCUT2D eigenvalue weighted by Crippen LogP contribution is 2.41. The number of urea groups is 1. The lowest BCUT2D eigenvalue weighted by Crippen LogP contribution is -2.45. The van der Waals surface area contributed by atoms with Crippen molar-refractivity contribution in [1.82, 2.24) is 10.6 Å². The predicted octanol–water partition coefficient (Wildman–Crippen LogP) is 3.28. The largest absolute Gasteiger partial charge is 0.457 e. The van der Waals surface area contributed by atoms with Crippen molar-refractivity contribution in [3.05, 3.63) is 57.2 Å². The van der Waals surface area contributed by atoms with Crippen molar-refractivity contribution < 1.29 is 33.3 Å². The first-order valence-electron chi connectivity index (χ1n) is 9.42. The van der Waals surface area contributed by atoms with Gasteiger partial charge in [0.15, 0.2) is 23.0 Å². The summed E-state index contributed by atoms with van der Waals surface area (Å²) in [7, 11) is 0. The highest BCUT2D eigenvalue weighted by atomic mass is 79.9. The molecule has 2 aromatic carbocycles. The Morgan fingerprint density at radius 1 is 1.06 bits per heavy atom. The molecule has 5 rings (SSSR count). The molecule has 31 heavy (non-hydrogen) atoms. The van der Waals surface area contributed by atoms with Crippen LogP contribution in [0.25, 0.3) is 0 Å². The highest BCUT2D eigenvalue weighted by Gasteiger charge is 2.34. The van der Waals surface area contributed by atoms with Gasteiger partial charge in [-0.25, -0.2) is 9.59 Å². The number of carbonyl (C=O) groups excluding carboxylic acids is 2. The fourth-order valence-electron chi connectivity index (χ4n) is 3.61. The van der Waals surface area contributed by atoms with Crippen molar-refractivity contribution in [2.75, 3.05) is 13.6 Å². The van der Waals surface area contributed by atoms with E-state index in [4.69, 9.17) is 23.7 Å². The molecular formula is C21H17BrN2O7. The van der Waals surface area contributed by atoms with Crippen LogP contribution in [0.3, 0.4) is 0 Å². The molecule has 0 aliphatic carbocycles. The zero-order valence-corrected chi connectivity index (χ0v) is 17.9. The van der Waals surface area contributed by atoms with Crippen molar-refractivity contribution in [3.63, 3.8) is 0 Å². The molecule has 0 bridgehead atoms. The Morgan fingerprint density at radius 2 is 1.74 bits per heavy atom. The van der Waals surface area contributed by atoms with Crippen molar-refractivity contribution in [1.29, 1.82) is 0 Å². The number of rotatable bonds is 4. The van der Waals surface area contributed by atoms with Crippen molar-refractivity contribution in [2.24, 2.45) is 0 Å². The average molecular weight is 489 g/mol. The number of hydrogen-bond acceptors (Lipinski definition) is 7. The molecule has 160 valence electrons. The van der Waals surface area contributed by atoms with E-state index < -0.39 is 18.0 Å². The minimum atomic E-state index is -0.734. The number of nitrogens with one attached hydrogen (secondary N) is 2. The Balaban J connectivity index is 1.41. The molecule has 9 nitrogen and oxygen atoms in total. The van der Waals surface area contributed by atoms with E-state index in [0.717, 1.165) is 5.56 Å². The minimum absolute atomic E-state index is 0.0369. The number of benzene rings is 2. The first-order chi connectivity index (χ1) is 15.0. The summed E-state index contributed by atoms with van der Waals surface area (Å²) in [6.45, 7) is 1.98. The van der Waals surface area contributed by atoms with Crippen LogP contribution in [0.4, 0.5) is 4.79 Å². The second-order valence-electron chi connectivity index (χ2n) is 7.06. The topological polar surface area (TPSA) is 104 Å². The van der Waals surface area contributed by atoms with Crippen LogP contribution in [0.5, 0.6) is 23.0 Å². The fourth-order valence-corrected chi connectivity index (χ4v) is 4.16. The summed E-state index contributed by atoms with van der Waals surface area (Å²) in [4.78, 5) is 25.2. The van der Waals surface area contributed by atoms with Crippen molar-refractivity contribution in [3.8, 4) is 23.0 Å². The number of halogens is 1. The Bertz CT molecular complexity index is 1130. The standard InChI is InChI=1S/C21H17BrN2O7/c1-10-18(20(25)27-7-11-2-3-14-15(4-11)29-8-28-14)19(24-21(26)23-10)12-5-16-17(6-13(12)22)31-9-30-16/h2-6,19H,7-9H2,1H3,(H2,23,24,26). The number of carbonyl (C=O) groups is 2. The molecule has 0 fully saturated rings. The molecule has 3 aliphatic heterocycles. The van der Waals surface area contributed by atoms with Crippen LogP contribution >= 0.6 is 15.9 Å². The molecule has 3 heterocycles. The predicted molar refractivity (Wildman–Crippen MR) is 110 cm³/mol. The van der Waals surface area contributed by atoms with Gasteiger partial charge in [0.1, 0.15) is 6.61 Å². The summed E-state index contributed by atoms with van der Waals surface area (Å²) >= 11 is 3.50. The lowest BCUT2D eigenvalue weighted by atomic mass is 9.95. The Labute approximate surface area is 185 Å². The van der Waals surface area contributed by atoms with Crippen LogP contribution in [0.1, 0.15) is 24.1 Å².